The summed E-state index contributed by atoms with van der Waals surface area (Å²) in [5.41, 5.74) is 0.727. The fourth-order valence-electron chi connectivity index (χ4n) is 14.6. The number of nitrogens with zero attached hydrogens (tertiary/aromatic N) is 3. The lowest BCUT2D eigenvalue weighted by Crippen LogP contribution is -2.66. The first-order valence-electron chi connectivity index (χ1n) is 23.0. The van der Waals surface area contributed by atoms with E-state index in [2.05, 4.69) is 67.5 Å². The first-order valence-corrected chi connectivity index (χ1v) is 23.4. The normalized spacial score (nSPS) is 38.6. The predicted octanol–water partition coefficient (Wildman–Crippen LogP) is 11.1. The minimum atomic E-state index is -1.18. The maximum Gasteiger partial charge on any atom is 0.309 e. The molecule has 7 rings (SSSR count). The summed E-state index contributed by atoms with van der Waals surface area (Å²) in [5.74, 6) is -0.112. The number of carbonyl (C=O) groups excluding carboxylic acids is 3. The molecule has 0 bridgehead atoms. The van der Waals surface area contributed by atoms with E-state index in [0.29, 0.717) is 29.7 Å². The molecule has 0 radical (unpaired) electrons. The van der Waals surface area contributed by atoms with Crippen LogP contribution in [0.5, 0.6) is 0 Å². The smallest absolute Gasteiger partial charge is 0.309 e. The van der Waals surface area contributed by atoms with E-state index in [1.165, 1.54) is 0 Å². The van der Waals surface area contributed by atoms with Crippen LogP contribution < -0.4 is 0 Å². The largest absolute Gasteiger partial charge is 0.481 e. The van der Waals surface area contributed by atoms with Crippen LogP contribution in [0.25, 0.3) is 0 Å². The number of hydrogen-bond acceptors (Lipinski definition) is 8. The van der Waals surface area contributed by atoms with Crippen molar-refractivity contribution in [3.63, 3.8) is 0 Å². The van der Waals surface area contributed by atoms with Crippen molar-refractivity contribution in [2.24, 2.45) is 72.3 Å². The molecule has 1 heterocycles. The fourth-order valence-corrected chi connectivity index (χ4v) is 14.8. The van der Waals surface area contributed by atoms with E-state index in [1.807, 2.05) is 24.3 Å². The van der Waals surface area contributed by atoms with Crippen molar-refractivity contribution in [1.82, 2.24) is 4.90 Å². The van der Waals surface area contributed by atoms with Gasteiger partial charge in [-0.2, -0.15) is 10.2 Å². The van der Waals surface area contributed by atoms with E-state index in [0.717, 1.165) is 74.6 Å². The van der Waals surface area contributed by atoms with Gasteiger partial charge in [0.2, 0.25) is 0 Å². The number of allylic oxidation sites excluding steroid dienone is 2. The van der Waals surface area contributed by atoms with Gasteiger partial charge in [0.05, 0.1) is 23.3 Å². The highest BCUT2D eigenvalue weighted by Crippen LogP contribution is 2.77. The Kier molecular flexibility index (Phi) is 11.8. The fraction of sp³-hybridized carbons (Fsp3) is 0.760. The Morgan fingerprint density at radius 2 is 1.60 bits per heavy atom. The highest BCUT2D eigenvalue weighted by Gasteiger charge is 2.71. The summed E-state index contributed by atoms with van der Waals surface area (Å²) in [6, 6.07) is 7.13. The minimum Gasteiger partial charge on any atom is -0.481 e. The molecule has 1 N–H and O–H groups in total. The van der Waals surface area contributed by atoms with Gasteiger partial charge in [0.15, 0.2) is 11.6 Å². The number of azo groups is 1. The van der Waals surface area contributed by atoms with Crippen LogP contribution in [0.3, 0.4) is 0 Å². The SMILES string of the molecule is CC(C)C1=C2C3CCC4C5(C)CCC(OC(=O)CC(C)(C)C(=O)O)C(C)(C)C5CCC4(C)C3(C)CCC2(C(=O)C2CC(CCN(C)C)C(c3ccc(Cl)cc3)N=N2)CC1=O. The first kappa shape index (κ1) is 45.1. The Hall–Kier alpha value is -2.91. The number of ether oxygens (including phenoxy) is 1. The highest BCUT2D eigenvalue weighted by molar-refractivity contribution is 6.30. The van der Waals surface area contributed by atoms with Gasteiger partial charge in [-0.25, -0.2) is 0 Å². The number of rotatable bonds is 11. The lowest BCUT2D eigenvalue weighted by Gasteiger charge is -2.72. The summed E-state index contributed by atoms with van der Waals surface area (Å²) < 4.78 is 6.20. The van der Waals surface area contributed by atoms with E-state index in [9.17, 15) is 19.5 Å². The maximum atomic E-state index is 15.5. The van der Waals surface area contributed by atoms with E-state index in [-0.39, 0.29) is 76.0 Å². The zero-order valence-electron chi connectivity index (χ0n) is 38.3. The van der Waals surface area contributed by atoms with Crippen molar-refractivity contribution in [2.45, 2.75) is 158 Å². The maximum absolute atomic E-state index is 15.5. The Balaban J connectivity index is 1.18. The van der Waals surface area contributed by atoms with Gasteiger partial charge in [-0.1, -0.05) is 72.2 Å². The van der Waals surface area contributed by atoms with Crippen LogP contribution in [0.1, 0.15) is 151 Å². The minimum absolute atomic E-state index is 0.0174. The number of hydrogen-bond donors (Lipinski definition) is 1. The Bertz CT molecular complexity index is 1950. The van der Waals surface area contributed by atoms with Gasteiger partial charge in [0.25, 0.3) is 0 Å². The molecule has 11 atom stereocenters. The average Bonchev–Trinajstić information content (AvgIpc) is 3.48. The van der Waals surface area contributed by atoms with Crippen LogP contribution in [0.2, 0.25) is 5.02 Å². The third-order valence-corrected chi connectivity index (χ3v) is 18.3. The molecular formula is C50H72ClN3O6. The second-order valence-corrected chi connectivity index (χ2v) is 23.1. The van der Waals surface area contributed by atoms with Crippen molar-refractivity contribution in [2.75, 3.05) is 20.6 Å². The van der Waals surface area contributed by atoms with Crippen LogP contribution in [0.4, 0.5) is 0 Å². The molecule has 5 aliphatic carbocycles. The zero-order chi connectivity index (χ0) is 44.0. The highest BCUT2D eigenvalue weighted by atomic mass is 35.5. The molecule has 1 aromatic rings. The van der Waals surface area contributed by atoms with Crippen LogP contribution in [0, 0.1) is 62.1 Å². The van der Waals surface area contributed by atoms with Crippen molar-refractivity contribution < 1.29 is 29.0 Å². The Morgan fingerprint density at radius 3 is 2.23 bits per heavy atom. The molecule has 11 unspecified atom stereocenters. The van der Waals surface area contributed by atoms with Crippen LogP contribution in [0.15, 0.2) is 45.6 Å². The molecule has 0 spiro atoms. The number of halogens is 1. The van der Waals surface area contributed by atoms with Crippen molar-refractivity contribution in [1.29, 1.82) is 0 Å². The lowest BCUT2D eigenvalue weighted by molar-refractivity contribution is -0.233. The van der Waals surface area contributed by atoms with Crippen molar-refractivity contribution in [3.05, 3.63) is 46.0 Å². The molecule has 4 fully saturated rings. The summed E-state index contributed by atoms with van der Waals surface area (Å²) in [6.07, 6.45) is 8.64. The third kappa shape index (κ3) is 7.15. The first-order chi connectivity index (χ1) is 27.9. The topological polar surface area (TPSA) is 126 Å². The van der Waals surface area contributed by atoms with Crippen LogP contribution >= 0.6 is 11.6 Å². The lowest BCUT2D eigenvalue weighted by atomic mass is 9.33. The van der Waals surface area contributed by atoms with Gasteiger partial charge in [0, 0.05) is 16.9 Å². The number of esters is 1. The number of Topliss-reactive ketones (excluding diaryl/α,β-unsaturated/α-hetero) is 2. The number of ketones is 2. The van der Waals surface area contributed by atoms with Crippen LogP contribution in [-0.4, -0.2) is 66.3 Å². The van der Waals surface area contributed by atoms with E-state index in [1.54, 1.807) is 13.8 Å². The van der Waals surface area contributed by atoms with Gasteiger partial charge in [-0.3, -0.25) is 19.2 Å². The number of aliphatic carboxylic acids is 1. The van der Waals surface area contributed by atoms with E-state index in [4.69, 9.17) is 26.6 Å². The van der Waals surface area contributed by atoms with Crippen molar-refractivity contribution >= 4 is 35.1 Å². The number of fused-ring (bicyclic) bond motifs is 7. The van der Waals surface area contributed by atoms with Gasteiger partial charge in [0.1, 0.15) is 12.1 Å². The molecule has 0 saturated heterocycles. The predicted molar refractivity (Wildman–Crippen MR) is 234 cm³/mol. The standard InChI is InChI=1S/C50H72ClN3O6/c1-29(2)40-35(55)27-50(43(57)34-26-31(20-25-54(10)11)42(53-52-34)30-12-14-32(51)15-13-30)24-23-48(8)33(41(40)50)16-17-37-47(7)21-19-38(60-39(56)28-45(3,4)44(58)59)46(5,6)36(47)18-22-49(37,48)9/h12-15,29,31,33-34,36-38,42H,16-28H2,1-11H3,(H,58,59). The van der Waals surface area contributed by atoms with E-state index < -0.39 is 28.8 Å². The molecule has 6 aliphatic rings. The van der Waals surface area contributed by atoms with Crippen molar-refractivity contribution in [3.8, 4) is 0 Å². The van der Waals surface area contributed by atoms with Gasteiger partial charge >= 0.3 is 11.9 Å². The quantitative estimate of drug-likeness (QED) is 0.220. The molecule has 330 valence electrons. The number of carboxylic acid groups (broad SMARTS) is 1. The summed E-state index contributed by atoms with van der Waals surface area (Å²) in [6.45, 7) is 20.4. The Labute approximate surface area is 364 Å². The molecule has 0 amide bonds. The molecule has 0 aromatic heterocycles. The molecule has 4 saturated carbocycles. The summed E-state index contributed by atoms with van der Waals surface area (Å²) in [4.78, 5) is 57.1. The van der Waals surface area contributed by atoms with E-state index >= 15 is 4.79 Å². The summed E-state index contributed by atoms with van der Waals surface area (Å²) in [7, 11) is 4.16. The van der Waals surface area contributed by atoms with Crippen LogP contribution in [-0.2, 0) is 23.9 Å². The van der Waals surface area contributed by atoms with Gasteiger partial charge < -0.3 is 14.7 Å². The van der Waals surface area contributed by atoms with Gasteiger partial charge in [-0.15, -0.1) is 0 Å². The average molecular weight is 847 g/mol. The summed E-state index contributed by atoms with van der Waals surface area (Å²) >= 11 is 6.27. The summed E-state index contributed by atoms with van der Waals surface area (Å²) in [5, 5.41) is 20.1. The molecule has 1 aromatic carbocycles. The number of benzene rings is 1. The molecule has 10 heteroatoms. The second-order valence-electron chi connectivity index (χ2n) is 22.7. The second kappa shape index (κ2) is 15.7. The molecular weight excluding hydrogens is 774 g/mol. The Morgan fingerprint density at radius 1 is 0.917 bits per heavy atom. The molecule has 60 heavy (non-hydrogen) atoms. The molecule has 9 nitrogen and oxygen atoms in total. The number of carboxylic acids is 1. The number of carbonyl (C=O) groups is 4. The zero-order valence-corrected chi connectivity index (χ0v) is 39.1. The third-order valence-electron chi connectivity index (χ3n) is 18.0. The molecule has 1 aliphatic heterocycles. The van der Waals surface area contributed by atoms with Gasteiger partial charge in [-0.05, 0) is 173 Å². The monoisotopic (exact) mass is 846 g/mol.